The molecule has 0 saturated heterocycles. The summed E-state index contributed by atoms with van der Waals surface area (Å²) in [4.78, 5) is 23.9. The van der Waals surface area contributed by atoms with E-state index in [1.807, 2.05) is 0 Å². The zero-order valence-electron chi connectivity index (χ0n) is 18.5. The van der Waals surface area contributed by atoms with Gasteiger partial charge in [-0.05, 0) is 65.7 Å². The Kier molecular flexibility index (Phi) is 9.79. The van der Waals surface area contributed by atoms with Crippen LogP contribution in [-0.4, -0.2) is 43.6 Å². The van der Waals surface area contributed by atoms with Gasteiger partial charge in [-0.3, -0.25) is 0 Å². The van der Waals surface area contributed by atoms with Gasteiger partial charge in [0.1, 0.15) is 16.6 Å². The highest BCUT2D eigenvalue weighted by Gasteiger charge is 2.17. The molecule has 0 aliphatic carbocycles. The molecule has 7 nitrogen and oxygen atoms in total. The summed E-state index contributed by atoms with van der Waals surface area (Å²) in [5, 5.41) is 5.22. The van der Waals surface area contributed by atoms with Crippen molar-refractivity contribution in [1.82, 2.24) is 10.6 Å². The number of benzene rings is 1. The average molecular weight is 427 g/mol. The Morgan fingerprint density at radius 3 is 1.62 bits per heavy atom. The smallest absolute Gasteiger partial charge is 0.407 e. The summed E-state index contributed by atoms with van der Waals surface area (Å²) in [7, 11) is 1.74. The molecule has 0 radical (unpaired) electrons. The maximum absolute atomic E-state index is 11.3. The number of hydrogen-bond donors (Lipinski definition) is 2. The van der Waals surface area contributed by atoms with Gasteiger partial charge in [0.15, 0.2) is 0 Å². The number of carbonyl (C=O) groups is 2. The van der Waals surface area contributed by atoms with E-state index in [4.69, 9.17) is 14.2 Å². The number of thioether (sulfide) groups is 1. The number of carbonyl (C=O) groups excluding carboxylic acids is 2. The van der Waals surface area contributed by atoms with Crippen molar-refractivity contribution in [3.05, 3.63) is 29.8 Å². The van der Waals surface area contributed by atoms with Crippen LogP contribution >= 0.6 is 11.8 Å². The molecule has 8 heteroatoms. The van der Waals surface area contributed by atoms with Crippen LogP contribution in [0.3, 0.4) is 0 Å². The van der Waals surface area contributed by atoms with Gasteiger partial charge in [-0.1, -0.05) is 23.9 Å². The van der Waals surface area contributed by atoms with Crippen molar-refractivity contribution in [2.75, 3.05) is 20.2 Å². The van der Waals surface area contributed by atoms with Crippen LogP contribution in [0.15, 0.2) is 29.2 Å². The lowest BCUT2D eigenvalue weighted by Crippen LogP contribution is -2.36. The lowest BCUT2D eigenvalue weighted by Gasteiger charge is -2.20. The Morgan fingerprint density at radius 1 is 0.897 bits per heavy atom. The Morgan fingerprint density at radius 2 is 1.34 bits per heavy atom. The highest BCUT2D eigenvalue weighted by atomic mass is 32.2. The van der Waals surface area contributed by atoms with Gasteiger partial charge >= 0.3 is 12.2 Å². The molecule has 2 heterocycles. The quantitative estimate of drug-likeness (QED) is 0.654. The average Bonchev–Trinajstić information content (AvgIpc) is 2.60. The van der Waals surface area contributed by atoms with E-state index in [0.29, 0.717) is 19.5 Å². The Hall–Kier alpha value is -1.93. The molecule has 0 spiro atoms. The van der Waals surface area contributed by atoms with E-state index in [1.165, 1.54) is 10.5 Å². The highest BCUT2D eigenvalue weighted by Crippen LogP contribution is 2.40. The third kappa shape index (κ3) is 11.6. The zero-order valence-corrected chi connectivity index (χ0v) is 19.3. The molecule has 2 amide bonds. The maximum atomic E-state index is 11.3. The topological polar surface area (TPSA) is 85.9 Å². The molecule has 3 rings (SSSR count). The summed E-state index contributed by atoms with van der Waals surface area (Å²) in [6.07, 6.45) is -0.298. The Labute approximate surface area is 178 Å². The van der Waals surface area contributed by atoms with Gasteiger partial charge in [-0.25, -0.2) is 9.59 Å². The number of rotatable bonds is 5. The van der Waals surface area contributed by atoms with Crippen LogP contribution in [0.5, 0.6) is 0 Å². The fourth-order valence-corrected chi connectivity index (χ4v) is 3.11. The predicted octanol–water partition coefficient (Wildman–Crippen LogP) is 4.86. The first-order chi connectivity index (χ1) is 13.4. The van der Waals surface area contributed by atoms with E-state index in [1.54, 1.807) is 60.4 Å². The van der Waals surface area contributed by atoms with Crippen LogP contribution in [0.1, 0.15) is 59.0 Å². The van der Waals surface area contributed by atoms with E-state index >= 15 is 0 Å². The number of amides is 2. The molecule has 1 atom stereocenters. The largest absolute Gasteiger partial charge is 0.444 e. The molecular weight excluding hydrogens is 392 g/mol. The first kappa shape index (κ1) is 25.1. The third-order valence-corrected chi connectivity index (χ3v) is 4.52. The first-order valence-corrected chi connectivity index (χ1v) is 10.5. The number of ether oxygens (including phenoxy) is 3. The van der Waals surface area contributed by atoms with Crippen LogP contribution in [0.2, 0.25) is 0 Å². The normalized spacial score (nSPS) is 15.1. The van der Waals surface area contributed by atoms with Gasteiger partial charge in [0.2, 0.25) is 0 Å². The van der Waals surface area contributed by atoms with E-state index in [-0.39, 0.29) is 5.44 Å². The minimum atomic E-state index is -0.501. The van der Waals surface area contributed by atoms with Gasteiger partial charge in [0.05, 0.1) is 0 Å². The molecule has 1 aromatic carbocycles. The van der Waals surface area contributed by atoms with Gasteiger partial charge in [-0.15, -0.1) is 0 Å². The fourth-order valence-electron chi connectivity index (χ4n) is 2.18. The number of alkyl carbamates (subject to hydrolysis) is 2. The summed E-state index contributed by atoms with van der Waals surface area (Å²) in [5.74, 6) is 0. The first-order valence-electron chi connectivity index (χ1n) is 9.63. The standard InChI is InChI=1S/C13H26N2O4.C8H8OS/c1-12(2,3)18-10(16)14-8-7-9-15-11(17)19-13(4,5)6;1-9-8-6-2-4-7(10-8)5-3-6/h7-9H2,1-6H3,(H,14,16)(H,15,17);2-5,8H,1H3. The zero-order chi connectivity index (χ0) is 22.1. The van der Waals surface area contributed by atoms with Crippen molar-refractivity contribution < 1.29 is 23.8 Å². The minimum Gasteiger partial charge on any atom is -0.444 e. The number of hydrogen-bond acceptors (Lipinski definition) is 6. The van der Waals surface area contributed by atoms with Crippen molar-refractivity contribution in [2.45, 2.75) is 69.5 Å². The number of fused-ring (bicyclic) bond motifs is 3. The third-order valence-electron chi connectivity index (χ3n) is 3.30. The molecule has 2 aliphatic rings. The lowest BCUT2D eigenvalue weighted by molar-refractivity contribution is 0.0525. The maximum Gasteiger partial charge on any atom is 0.407 e. The fraction of sp³-hybridized carbons (Fsp3) is 0.619. The van der Waals surface area contributed by atoms with Crippen LogP contribution in [-0.2, 0) is 14.2 Å². The molecule has 29 heavy (non-hydrogen) atoms. The Balaban J connectivity index is 0.000000345. The van der Waals surface area contributed by atoms with Crippen LogP contribution in [0, 0.1) is 0 Å². The molecule has 2 bridgehead atoms. The van der Waals surface area contributed by atoms with Crippen molar-refractivity contribution in [3.8, 4) is 0 Å². The summed E-state index contributed by atoms with van der Waals surface area (Å²) < 4.78 is 15.4. The molecular formula is C21H34N2O5S. The molecule has 0 aromatic heterocycles. The molecule has 2 aliphatic heterocycles. The summed E-state index contributed by atoms with van der Waals surface area (Å²) in [5.41, 5.74) is 0.505. The van der Waals surface area contributed by atoms with E-state index in [0.717, 1.165) is 0 Å². The highest BCUT2D eigenvalue weighted by molar-refractivity contribution is 7.99. The Bertz CT molecular complexity index is 621. The van der Waals surface area contributed by atoms with E-state index in [9.17, 15) is 9.59 Å². The van der Waals surface area contributed by atoms with Crippen molar-refractivity contribution in [1.29, 1.82) is 0 Å². The van der Waals surface area contributed by atoms with Gasteiger partial charge < -0.3 is 24.8 Å². The van der Waals surface area contributed by atoms with E-state index in [2.05, 4.69) is 34.9 Å². The monoisotopic (exact) mass is 426 g/mol. The lowest BCUT2D eigenvalue weighted by atomic mass is 10.2. The van der Waals surface area contributed by atoms with Crippen LogP contribution in [0.4, 0.5) is 9.59 Å². The second kappa shape index (κ2) is 11.3. The summed E-state index contributed by atoms with van der Waals surface area (Å²) >= 11 is 1.77. The molecule has 2 N–H and O–H groups in total. The summed E-state index contributed by atoms with van der Waals surface area (Å²) in [6.45, 7) is 11.7. The van der Waals surface area contributed by atoms with Crippen molar-refractivity contribution >= 4 is 23.9 Å². The van der Waals surface area contributed by atoms with Gasteiger partial charge in [0, 0.05) is 25.1 Å². The van der Waals surface area contributed by atoms with Gasteiger partial charge in [0.25, 0.3) is 0 Å². The SMILES string of the molecule is CC(C)(C)OC(=O)NCCCNC(=O)OC(C)(C)C.COC1Sc2ccc1cc2. The van der Waals surface area contributed by atoms with Crippen molar-refractivity contribution in [2.24, 2.45) is 0 Å². The number of methoxy groups -OCH3 is 1. The van der Waals surface area contributed by atoms with E-state index < -0.39 is 23.4 Å². The van der Waals surface area contributed by atoms with Crippen LogP contribution in [0.25, 0.3) is 0 Å². The molecule has 1 unspecified atom stereocenters. The predicted molar refractivity (Wildman–Crippen MR) is 115 cm³/mol. The minimum absolute atomic E-state index is 0.241. The van der Waals surface area contributed by atoms with Crippen molar-refractivity contribution in [3.63, 3.8) is 0 Å². The van der Waals surface area contributed by atoms with Crippen LogP contribution < -0.4 is 10.6 Å². The molecule has 164 valence electrons. The second-order valence-electron chi connectivity index (χ2n) is 8.47. The molecule has 0 fully saturated rings. The number of nitrogens with one attached hydrogen (secondary N) is 2. The summed E-state index contributed by atoms with van der Waals surface area (Å²) in [6, 6.07) is 8.46. The van der Waals surface area contributed by atoms with Gasteiger partial charge in [-0.2, -0.15) is 0 Å². The molecule has 0 saturated carbocycles. The second-order valence-corrected chi connectivity index (χ2v) is 9.60. The molecule has 1 aromatic rings.